The molecule has 0 aliphatic carbocycles. The molecule has 0 radical (unpaired) electrons. The van der Waals surface area contributed by atoms with Crippen LogP contribution >= 0.6 is 0 Å². The Bertz CT molecular complexity index is 507. The average molecular weight is 295 g/mol. The van der Waals surface area contributed by atoms with Gasteiger partial charge in [0.15, 0.2) is 0 Å². The number of carbonyl (C=O) groups excluding carboxylic acids is 2. The Balaban J connectivity index is 2.84. The Morgan fingerprint density at radius 2 is 1.90 bits per heavy atom. The highest BCUT2D eigenvalue weighted by atomic mass is 16.6. The summed E-state index contributed by atoms with van der Waals surface area (Å²) in [5.74, 6) is -0.533. The fourth-order valence-corrected chi connectivity index (χ4v) is 1.67. The van der Waals surface area contributed by atoms with Crippen molar-refractivity contribution in [3.05, 3.63) is 29.8 Å². The number of ether oxygens (including phenoxy) is 2. The van der Waals surface area contributed by atoms with E-state index in [0.29, 0.717) is 11.3 Å². The van der Waals surface area contributed by atoms with Gasteiger partial charge in [0.05, 0.1) is 19.6 Å². The third kappa shape index (κ3) is 5.83. The van der Waals surface area contributed by atoms with Gasteiger partial charge in [-0.05, 0) is 26.8 Å². The van der Waals surface area contributed by atoms with E-state index in [2.05, 4.69) is 10.1 Å². The van der Waals surface area contributed by atoms with E-state index in [4.69, 9.17) is 4.74 Å². The molecular weight excluding hydrogens is 274 g/mol. The van der Waals surface area contributed by atoms with E-state index in [1.54, 1.807) is 45.0 Å². The van der Waals surface area contributed by atoms with Crippen LogP contribution in [0.5, 0.6) is 0 Å². The molecule has 21 heavy (non-hydrogen) atoms. The van der Waals surface area contributed by atoms with E-state index in [1.807, 2.05) is 0 Å². The number of hydrogen-bond acceptors (Lipinski definition) is 5. The van der Waals surface area contributed by atoms with E-state index >= 15 is 0 Å². The molecule has 6 heteroatoms. The maximum absolute atomic E-state index is 11.8. The predicted octanol–water partition coefficient (Wildman–Crippen LogP) is 2.63. The van der Waals surface area contributed by atoms with Crippen LogP contribution in [-0.2, 0) is 14.3 Å². The van der Waals surface area contributed by atoms with Crippen LogP contribution in [0.4, 0.5) is 10.5 Å². The third-order valence-electron chi connectivity index (χ3n) is 2.54. The summed E-state index contributed by atoms with van der Waals surface area (Å²) in [4.78, 5) is 23.0. The lowest BCUT2D eigenvalue weighted by atomic mass is 10.0. The number of nitrogens with one attached hydrogen (secondary N) is 1. The summed E-state index contributed by atoms with van der Waals surface area (Å²) in [6.07, 6.45) is -1.88. The number of esters is 1. The van der Waals surface area contributed by atoms with Crippen molar-refractivity contribution >= 4 is 17.7 Å². The number of anilines is 1. The number of carbonyl (C=O) groups is 2. The summed E-state index contributed by atoms with van der Waals surface area (Å²) in [5, 5.41) is 12.6. The smallest absolute Gasteiger partial charge is 0.412 e. The molecule has 116 valence electrons. The second-order valence-corrected chi connectivity index (χ2v) is 5.51. The summed E-state index contributed by atoms with van der Waals surface area (Å²) in [6.45, 7) is 5.26. The van der Waals surface area contributed by atoms with Gasteiger partial charge < -0.3 is 14.6 Å². The van der Waals surface area contributed by atoms with Crippen LogP contribution in [0.2, 0.25) is 0 Å². The van der Waals surface area contributed by atoms with Crippen LogP contribution in [0.3, 0.4) is 0 Å². The number of benzene rings is 1. The van der Waals surface area contributed by atoms with Crippen molar-refractivity contribution in [2.24, 2.45) is 0 Å². The molecule has 1 rings (SSSR count). The fourth-order valence-electron chi connectivity index (χ4n) is 1.67. The van der Waals surface area contributed by atoms with E-state index < -0.39 is 23.8 Å². The molecule has 1 atom stereocenters. The SMILES string of the molecule is COC(=O)C[C@@H](O)c1ccccc1NC(=O)OC(C)(C)C. The lowest BCUT2D eigenvalue weighted by Gasteiger charge is -2.21. The highest BCUT2D eigenvalue weighted by Crippen LogP contribution is 2.26. The molecule has 0 fully saturated rings. The van der Waals surface area contributed by atoms with Gasteiger partial charge in [0, 0.05) is 11.3 Å². The zero-order valence-electron chi connectivity index (χ0n) is 12.7. The van der Waals surface area contributed by atoms with Crippen molar-refractivity contribution in [2.75, 3.05) is 12.4 Å². The van der Waals surface area contributed by atoms with Crippen molar-refractivity contribution in [3.63, 3.8) is 0 Å². The predicted molar refractivity (Wildman–Crippen MR) is 77.9 cm³/mol. The molecule has 0 aromatic heterocycles. The molecule has 0 saturated carbocycles. The topological polar surface area (TPSA) is 84.9 Å². The van der Waals surface area contributed by atoms with Crippen molar-refractivity contribution in [1.29, 1.82) is 0 Å². The Morgan fingerprint density at radius 3 is 2.48 bits per heavy atom. The Morgan fingerprint density at radius 1 is 1.29 bits per heavy atom. The summed E-state index contributed by atoms with van der Waals surface area (Å²) >= 11 is 0. The minimum atomic E-state index is -1.07. The van der Waals surface area contributed by atoms with Gasteiger partial charge in [-0.25, -0.2) is 4.79 Å². The normalized spacial score (nSPS) is 12.4. The van der Waals surface area contributed by atoms with E-state index in [-0.39, 0.29) is 6.42 Å². The fraction of sp³-hybridized carbons (Fsp3) is 0.467. The standard InChI is InChI=1S/C15H21NO5/c1-15(2,3)21-14(19)16-11-8-6-5-7-10(11)12(17)9-13(18)20-4/h5-8,12,17H,9H2,1-4H3,(H,16,19)/t12-/m1/s1. The second-order valence-electron chi connectivity index (χ2n) is 5.51. The molecule has 0 saturated heterocycles. The molecule has 0 aliphatic rings. The number of amides is 1. The van der Waals surface area contributed by atoms with Gasteiger partial charge in [0.2, 0.25) is 0 Å². The number of para-hydroxylation sites is 1. The van der Waals surface area contributed by atoms with Gasteiger partial charge in [-0.1, -0.05) is 18.2 Å². The number of aliphatic hydroxyl groups is 1. The zero-order valence-corrected chi connectivity index (χ0v) is 12.7. The van der Waals surface area contributed by atoms with E-state index in [0.717, 1.165) is 0 Å². The minimum absolute atomic E-state index is 0.191. The van der Waals surface area contributed by atoms with Crippen LogP contribution in [0, 0.1) is 0 Å². The molecule has 0 bridgehead atoms. The monoisotopic (exact) mass is 295 g/mol. The molecule has 1 amide bonds. The molecule has 0 aliphatic heterocycles. The maximum atomic E-state index is 11.8. The Hall–Kier alpha value is -2.08. The van der Waals surface area contributed by atoms with Gasteiger partial charge in [-0.15, -0.1) is 0 Å². The molecular formula is C15H21NO5. The number of aliphatic hydroxyl groups excluding tert-OH is 1. The second kappa shape index (κ2) is 7.08. The molecule has 1 aromatic rings. The largest absolute Gasteiger partial charge is 0.469 e. The summed E-state index contributed by atoms with van der Waals surface area (Å²) < 4.78 is 9.67. The van der Waals surface area contributed by atoms with Crippen molar-refractivity contribution in [3.8, 4) is 0 Å². The molecule has 6 nitrogen and oxygen atoms in total. The molecule has 0 spiro atoms. The molecule has 0 unspecified atom stereocenters. The van der Waals surface area contributed by atoms with E-state index in [9.17, 15) is 14.7 Å². The molecule has 0 heterocycles. The van der Waals surface area contributed by atoms with Crippen LogP contribution in [0.25, 0.3) is 0 Å². The van der Waals surface area contributed by atoms with E-state index in [1.165, 1.54) is 7.11 Å². The minimum Gasteiger partial charge on any atom is -0.469 e. The van der Waals surface area contributed by atoms with Crippen molar-refractivity contribution in [2.45, 2.75) is 38.9 Å². The molecule has 1 aromatic carbocycles. The van der Waals surface area contributed by atoms with Crippen molar-refractivity contribution < 1.29 is 24.2 Å². The lowest BCUT2D eigenvalue weighted by Crippen LogP contribution is -2.27. The summed E-state index contributed by atoms with van der Waals surface area (Å²) in [6, 6.07) is 6.66. The quantitative estimate of drug-likeness (QED) is 0.834. The van der Waals surface area contributed by atoms with Crippen molar-refractivity contribution in [1.82, 2.24) is 0 Å². The summed E-state index contributed by atoms with van der Waals surface area (Å²) in [5.41, 5.74) is 0.195. The van der Waals surface area contributed by atoms with Gasteiger partial charge >= 0.3 is 12.1 Å². The first-order chi connectivity index (χ1) is 9.73. The Kier molecular flexibility index (Phi) is 5.72. The van der Waals surface area contributed by atoms with Gasteiger partial charge in [0.1, 0.15) is 5.60 Å². The maximum Gasteiger partial charge on any atom is 0.412 e. The highest BCUT2D eigenvalue weighted by molar-refractivity contribution is 5.86. The van der Waals surface area contributed by atoms with Gasteiger partial charge in [0.25, 0.3) is 0 Å². The number of methoxy groups -OCH3 is 1. The average Bonchev–Trinajstić information content (AvgIpc) is 2.36. The first-order valence-electron chi connectivity index (χ1n) is 6.56. The van der Waals surface area contributed by atoms with Crippen LogP contribution < -0.4 is 5.32 Å². The molecule has 2 N–H and O–H groups in total. The van der Waals surface area contributed by atoms with Gasteiger partial charge in [-0.2, -0.15) is 0 Å². The zero-order chi connectivity index (χ0) is 16.0. The van der Waals surface area contributed by atoms with Crippen LogP contribution in [0.1, 0.15) is 38.9 Å². The first kappa shape index (κ1) is 17.0. The first-order valence-corrected chi connectivity index (χ1v) is 6.56. The van der Waals surface area contributed by atoms with Crippen LogP contribution in [0.15, 0.2) is 24.3 Å². The highest BCUT2D eigenvalue weighted by Gasteiger charge is 2.20. The Labute approximate surface area is 124 Å². The summed E-state index contributed by atoms with van der Waals surface area (Å²) in [7, 11) is 1.25. The third-order valence-corrected chi connectivity index (χ3v) is 2.54. The number of rotatable bonds is 4. The lowest BCUT2D eigenvalue weighted by molar-refractivity contribution is -0.142. The van der Waals surface area contributed by atoms with Crippen LogP contribution in [-0.4, -0.2) is 29.9 Å². The van der Waals surface area contributed by atoms with Gasteiger partial charge in [-0.3, -0.25) is 10.1 Å². The number of hydrogen-bond donors (Lipinski definition) is 2.